The second-order valence-corrected chi connectivity index (χ2v) is 42.9. The Hall–Kier alpha value is -3.41. The summed E-state index contributed by atoms with van der Waals surface area (Å²) in [7, 11) is 0. The third-order valence-corrected chi connectivity index (χ3v) is 36.8. The zero-order valence-corrected chi connectivity index (χ0v) is 77.6. The van der Waals surface area contributed by atoms with Gasteiger partial charge in [-0.2, -0.15) is 0 Å². The van der Waals surface area contributed by atoms with E-state index in [1.54, 1.807) is 21.8 Å². The Bertz CT molecular complexity index is 4720. The molecule has 12 aromatic rings. The van der Waals surface area contributed by atoms with Crippen molar-refractivity contribution in [3.05, 3.63) is 216 Å². The van der Waals surface area contributed by atoms with Gasteiger partial charge in [0.15, 0.2) is 6.29 Å². The van der Waals surface area contributed by atoms with Gasteiger partial charge in [0, 0.05) is 112 Å². The number of hydrogen-bond donors (Lipinski definition) is 0. The summed E-state index contributed by atoms with van der Waals surface area (Å²) in [6.45, 7) is 13.9. The van der Waals surface area contributed by atoms with Crippen LogP contribution in [0.5, 0.6) is 0 Å². The molecule has 2 aliphatic rings. The van der Waals surface area contributed by atoms with Gasteiger partial charge in [-0.25, -0.2) is 0 Å². The van der Waals surface area contributed by atoms with Gasteiger partial charge in [0.05, 0.1) is 4.88 Å². The number of carbonyl (C=O) groups is 1. The molecule has 14 rings (SSSR count). The summed E-state index contributed by atoms with van der Waals surface area (Å²) >= 11 is 23.8. The molecule has 2 aliphatic carbocycles. The standard InChI is InChI=1S/C93H107OS12.C5H5.Fe/c1-7-13-19-25-37-64-56-70(43-33-36-63-34-31-32-35-63)95-88(64)78-50-44-72(97-78)74-46-52-80(99-74)90-66(39-27-21-15-9-3)58-84(103-90)86-60-68(41-29-23-17-11-5)92(105-86)82-54-48-76(101-82)77-49-55-83(102-77)93-69(42-30-24-18-12-6)61-87(106-93)85-59-67(40-28-22-16-10-4)91(104-85)81-53-47-75(100-81)73-45-51-79(98-73)89-65(38-26-20-14-8-2)57-71(62-94)96-89;1-2-4-5-3-1;/h31-32,34-35,44-62H,7-30,33,36-43H2,1-6H3;1-5H;/q;;+2. The second kappa shape index (κ2) is 46.2. The Labute approximate surface area is 733 Å². The van der Waals surface area contributed by atoms with Gasteiger partial charge in [-0.15, -0.1) is 136 Å². The third-order valence-electron chi connectivity index (χ3n) is 21.2. The van der Waals surface area contributed by atoms with Crippen LogP contribution in [0.3, 0.4) is 0 Å². The van der Waals surface area contributed by atoms with Crippen molar-refractivity contribution in [2.75, 3.05) is 0 Å². The van der Waals surface area contributed by atoms with E-state index in [0.29, 0.717) is 0 Å². The van der Waals surface area contributed by atoms with Crippen LogP contribution in [0.25, 0.3) is 107 Å². The molecule has 0 saturated heterocycles. The molecule has 2 saturated carbocycles. The molecule has 12 aromatic heterocycles. The van der Waals surface area contributed by atoms with Crippen molar-refractivity contribution in [2.24, 2.45) is 0 Å². The summed E-state index contributed by atoms with van der Waals surface area (Å²) in [6.07, 6.45) is 60.5. The molecule has 10 radical (unpaired) electrons. The van der Waals surface area contributed by atoms with Gasteiger partial charge in [0.2, 0.25) is 0 Å². The van der Waals surface area contributed by atoms with Gasteiger partial charge in [-0.05, 0) is 303 Å². The summed E-state index contributed by atoms with van der Waals surface area (Å²) in [5, 5.41) is 0. The van der Waals surface area contributed by atoms with Crippen LogP contribution in [-0.4, -0.2) is 6.29 Å². The number of hydrogen-bond acceptors (Lipinski definition) is 13. The minimum absolute atomic E-state index is 0. The molecule has 0 bridgehead atoms. The Kier molecular flexibility index (Phi) is 36.3. The Morgan fingerprint density at radius 1 is 0.223 bits per heavy atom. The van der Waals surface area contributed by atoms with Crippen LogP contribution in [0.2, 0.25) is 0 Å². The van der Waals surface area contributed by atoms with Crippen molar-refractivity contribution in [1.29, 1.82) is 0 Å². The van der Waals surface area contributed by atoms with Gasteiger partial charge in [0.25, 0.3) is 0 Å². The number of thiophene rings is 12. The van der Waals surface area contributed by atoms with Gasteiger partial charge in [-0.3, -0.25) is 4.79 Å². The van der Waals surface area contributed by atoms with Crippen LogP contribution >= 0.6 is 136 Å². The van der Waals surface area contributed by atoms with Crippen LogP contribution in [-0.2, 0) is 62.0 Å². The molecule has 2 fully saturated rings. The van der Waals surface area contributed by atoms with Crippen molar-refractivity contribution in [1.82, 2.24) is 0 Å². The largest absolute Gasteiger partial charge is 2.00 e. The normalized spacial score (nSPS) is 13.2. The molecule has 0 aromatic carbocycles. The van der Waals surface area contributed by atoms with E-state index in [1.807, 2.05) is 123 Å². The van der Waals surface area contributed by atoms with Crippen LogP contribution in [0, 0.1) is 63.7 Å². The van der Waals surface area contributed by atoms with E-state index in [-0.39, 0.29) is 17.1 Å². The molecule has 0 aliphatic heterocycles. The minimum atomic E-state index is 0. The van der Waals surface area contributed by atoms with E-state index in [0.717, 1.165) is 56.1 Å². The molecule has 0 unspecified atom stereocenters. The average molecular weight is 1750 g/mol. The van der Waals surface area contributed by atoms with E-state index in [4.69, 9.17) is 0 Å². The van der Waals surface area contributed by atoms with Gasteiger partial charge < -0.3 is 0 Å². The summed E-state index contributed by atoms with van der Waals surface area (Å²) < 4.78 is 0. The minimum Gasteiger partial charge on any atom is -0.297 e. The molecular formula is C98H112FeOS12+2. The Morgan fingerprint density at radius 3 is 0.750 bits per heavy atom. The van der Waals surface area contributed by atoms with Crippen LogP contribution < -0.4 is 0 Å². The molecule has 1 nitrogen and oxygen atoms in total. The predicted octanol–water partition coefficient (Wildman–Crippen LogP) is 36.1. The van der Waals surface area contributed by atoms with Crippen LogP contribution in [0.1, 0.15) is 256 Å². The number of aldehydes is 1. The molecule has 0 spiro atoms. The first kappa shape index (κ1) is 87.9. The van der Waals surface area contributed by atoms with Crippen LogP contribution in [0.4, 0.5) is 0 Å². The van der Waals surface area contributed by atoms with E-state index < -0.39 is 0 Å². The smallest absolute Gasteiger partial charge is 0.297 e. The first-order valence-corrected chi connectivity index (χ1v) is 51.7. The molecule has 14 heteroatoms. The van der Waals surface area contributed by atoms with Gasteiger partial charge in [-0.1, -0.05) is 157 Å². The van der Waals surface area contributed by atoms with E-state index >= 15 is 0 Å². The van der Waals surface area contributed by atoms with E-state index in [1.165, 1.54) is 308 Å². The molecule has 588 valence electrons. The molecule has 12 heterocycles. The first-order chi connectivity index (χ1) is 54.7. The number of carbonyl (C=O) groups excluding carboxylic acids is 1. The molecule has 0 atom stereocenters. The van der Waals surface area contributed by atoms with Crippen molar-refractivity contribution in [3.8, 4) is 107 Å². The summed E-state index contributed by atoms with van der Waals surface area (Å²) in [5.74, 6) is 1.47. The Morgan fingerprint density at radius 2 is 0.473 bits per heavy atom. The molecule has 0 amide bonds. The third kappa shape index (κ3) is 24.0. The fraction of sp³-hybridized carbons (Fsp3) is 0.398. The zero-order valence-electron chi connectivity index (χ0n) is 66.7. The predicted molar refractivity (Wildman–Crippen MR) is 508 cm³/mol. The summed E-state index contributed by atoms with van der Waals surface area (Å²) in [6, 6.07) is 44.0. The zero-order chi connectivity index (χ0) is 76.5. The molecule has 112 heavy (non-hydrogen) atoms. The Balaban J connectivity index is 0.00000187. The van der Waals surface area contributed by atoms with Crippen molar-refractivity contribution in [3.63, 3.8) is 0 Å². The summed E-state index contributed by atoms with van der Waals surface area (Å²) in [5.41, 5.74) is 9.01. The van der Waals surface area contributed by atoms with Gasteiger partial charge >= 0.3 is 17.1 Å². The molecule has 0 N–H and O–H groups in total. The average Bonchev–Trinajstić information content (AvgIpc) is 1.62. The fourth-order valence-electron chi connectivity index (χ4n) is 15.1. The van der Waals surface area contributed by atoms with E-state index in [9.17, 15) is 4.79 Å². The maximum atomic E-state index is 12.0. The monoisotopic (exact) mass is 1740 g/mol. The van der Waals surface area contributed by atoms with Gasteiger partial charge in [0.1, 0.15) is 0 Å². The molecular weight excluding hydrogens is 1630 g/mol. The quantitative estimate of drug-likeness (QED) is 0.0211. The number of unbranched alkanes of at least 4 members (excludes halogenated alkanes) is 18. The maximum absolute atomic E-state index is 12.0. The topological polar surface area (TPSA) is 17.1 Å². The maximum Gasteiger partial charge on any atom is 2.00 e. The second-order valence-electron chi connectivity index (χ2n) is 30.0. The number of rotatable bonds is 46. The van der Waals surface area contributed by atoms with Crippen LogP contribution in [0.15, 0.2) is 109 Å². The SMILES string of the molecule is CCCCCCc1cc(C=O)sc1-c1ccc(-c2ccc(-c3sc(-c4cc(CCCCCC)c(-c5ccc(-c6ccc(-c7sc(-c8cc(CCCCCC)c(-c9ccc(-c%10ccc(-c%11sc(CCC[C]%12[CH][CH][CH][CH]%12)cc%11CCCCCC)s%10)s9)s8)cc7CCCCCC)s6)s5)s4)cc3CCCCCC)s2)s1.[CH]1[CH][CH][CH][CH]1.[Fe+2]. The summed E-state index contributed by atoms with van der Waals surface area (Å²) in [4.78, 5) is 45.4. The number of aryl methyl sites for hydroxylation is 7. The van der Waals surface area contributed by atoms with Crippen molar-refractivity contribution >= 4 is 142 Å². The van der Waals surface area contributed by atoms with Crippen molar-refractivity contribution < 1.29 is 21.9 Å². The van der Waals surface area contributed by atoms with E-state index in [2.05, 4.69) is 210 Å². The first-order valence-electron chi connectivity index (χ1n) is 41.9. The van der Waals surface area contributed by atoms with Crippen molar-refractivity contribution in [2.45, 2.75) is 253 Å². The fourth-order valence-corrected chi connectivity index (χ4v) is 29.5.